The summed E-state index contributed by atoms with van der Waals surface area (Å²) in [5, 5.41) is 11.2. The van der Waals surface area contributed by atoms with Gasteiger partial charge in [0.2, 0.25) is 0 Å². The van der Waals surface area contributed by atoms with E-state index in [2.05, 4.69) is 5.32 Å². The van der Waals surface area contributed by atoms with Crippen LogP contribution in [0.5, 0.6) is 0 Å². The molecule has 0 aliphatic rings. The van der Waals surface area contributed by atoms with E-state index in [1.807, 2.05) is 6.07 Å². The summed E-state index contributed by atoms with van der Waals surface area (Å²) in [7, 11) is 0. The number of hydrogen-bond donors (Lipinski definition) is 2. The Morgan fingerprint density at radius 1 is 1.21 bits per heavy atom. The van der Waals surface area contributed by atoms with E-state index in [1.54, 1.807) is 31.2 Å². The molecule has 0 spiro atoms. The molecular formula is C14H17NO4. The standard InChI is InChI=1S/C14H17NO4/c1-2-10(12(16)8-13(17)18)9-15-14(19)11-6-4-3-5-7-11/h3-7,10H,2,8-9H2,1H3,(H,15,19)(H,17,18). The van der Waals surface area contributed by atoms with Gasteiger partial charge in [-0.05, 0) is 18.6 Å². The van der Waals surface area contributed by atoms with Crippen LogP contribution in [-0.4, -0.2) is 29.3 Å². The van der Waals surface area contributed by atoms with Gasteiger partial charge in [0.25, 0.3) is 5.91 Å². The third-order valence-electron chi connectivity index (χ3n) is 2.82. The number of ketones is 1. The van der Waals surface area contributed by atoms with Crippen LogP contribution in [0.25, 0.3) is 0 Å². The smallest absolute Gasteiger partial charge is 0.310 e. The highest BCUT2D eigenvalue weighted by Gasteiger charge is 2.19. The third-order valence-corrected chi connectivity index (χ3v) is 2.82. The van der Waals surface area contributed by atoms with Gasteiger partial charge in [-0.3, -0.25) is 14.4 Å². The van der Waals surface area contributed by atoms with Crippen molar-refractivity contribution in [1.29, 1.82) is 0 Å². The van der Waals surface area contributed by atoms with Crippen LogP contribution in [0.4, 0.5) is 0 Å². The Balaban J connectivity index is 2.52. The maximum atomic E-state index is 11.8. The van der Waals surface area contributed by atoms with Crippen molar-refractivity contribution in [3.8, 4) is 0 Å². The first-order valence-corrected chi connectivity index (χ1v) is 6.12. The van der Waals surface area contributed by atoms with Crippen LogP contribution in [0, 0.1) is 5.92 Å². The number of amides is 1. The Kier molecular flexibility index (Phi) is 5.73. The molecule has 1 amide bonds. The predicted octanol–water partition coefficient (Wildman–Crippen LogP) is 1.49. The van der Waals surface area contributed by atoms with Crippen LogP contribution in [0.2, 0.25) is 0 Å². The summed E-state index contributed by atoms with van der Waals surface area (Å²) in [6.07, 6.45) is 0.000890. The zero-order valence-electron chi connectivity index (χ0n) is 10.8. The number of hydrogen-bond acceptors (Lipinski definition) is 3. The number of carboxylic acid groups (broad SMARTS) is 1. The quantitative estimate of drug-likeness (QED) is 0.730. The van der Waals surface area contributed by atoms with Gasteiger partial charge in [-0.1, -0.05) is 25.1 Å². The summed E-state index contributed by atoms with van der Waals surface area (Å²) in [6.45, 7) is 1.95. The molecule has 5 heteroatoms. The largest absolute Gasteiger partial charge is 0.481 e. The number of carbonyl (C=O) groups is 3. The van der Waals surface area contributed by atoms with E-state index in [9.17, 15) is 14.4 Å². The Hall–Kier alpha value is -2.17. The van der Waals surface area contributed by atoms with Crippen molar-refractivity contribution in [3.63, 3.8) is 0 Å². The number of aliphatic carboxylic acids is 1. The monoisotopic (exact) mass is 263 g/mol. The molecule has 0 aromatic heterocycles. The van der Waals surface area contributed by atoms with E-state index < -0.39 is 18.3 Å². The molecule has 0 saturated heterocycles. The second-order valence-corrected chi connectivity index (χ2v) is 4.22. The molecule has 5 nitrogen and oxygen atoms in total. The second-order valence-electron chi connectivity index (χ2n) is 4.22. The minimum absolute atomic E-state index is 0.163. The van der Waals surface area contributed by atoms with Gasteiger partial charge >= 0.3 is 5.97 Å². The maximum Gasteiger partial charge on any atom is 0.310 e. The lowest BCUT2D eigenvalue weighted by Gasteiger charge is -2.13. The molecule has 0 fully saturated rings. The molecule has 1 aromatic carbocycles. The van der Waals surface area contributed by atoms with Crippen molar-refractivity contribution in [3.05, 3.63) is 35.9 Å². The van der Waals surface area contributed by atoms with E-state index in [0.29, 0.717) is 12.0 Å². The second kappa shape index (κ2) is 7.31. The number of Topliss-reactive ketones (excluding diaryl/α,β-unsaturated/α-hetero) is 1. The van der Waals surface area contributed by atoms with Crippen molar-refractivity contribution in [2.24, 2.45) is 5.92 Å². The number of carboxylic acids is 1. The minimum Gasteiger partial charge on any atom is -0.481 e. The summed E-state index contributed by atoms with van der Waals surface area (Å²) >= 11 is 0. The number of benzene rings is 1. The molecule has 1 atom stereocenters. The molecule has 0 radical (unpaired) electrons. The molecule has 1 rings (SSSR count). The van der Waals surface area contributed by atoms with Crippen LogP contribution in [0.3, 0.4) is 0 Å². The molecule has 0 bridgehead atoms. The number of carbonyl (C=O) groups excluding carboxylic acids is 2. The van der Waals surface area contributed by atoms with Crippen LogP contribution < -0.4 is 5.32 Å². The number of rotatable bonds is 7. The normalized spacial score (nSPS) is 11.6. The third kappa shape index (κ3) is 4.91. The molecule has 19 heavy (non-hydrogen) atoms. The van der Waals surface area contributed by atoms with Gasteiger partial charge in [-0.25, -0.2) is 0 Å². The van der Waals surface area contributed by atoms with Crippen LogP contribution in [0.15, 0.2) is 30.3 Å². The molecule has 1 unspecified atom stereocenters. The Morgan fingerprint density at radius 3 is 2.37 bits per heavy atom. The molecule has 0 aliphatic carbocycles. The zero-order chi connectivity index (χ0) is 14.3. The summed E-state index contributed by atoms with van der Waals surface area (Å²) in [5.41, 5.74) is 0.517. The molecule has 0 heterocycles. The van der Waals surface area contributed by atoms with E-state index in [0.717, 1.165) is 0 Å². The first-order valence-electron chi connectivity index (χ1n) is 6.12. The predicted molar refractivity (Wildman–Crippen MR) is 69.8 cm³/mol. The molecule has 2 N–H and O–H groups in total. The Morgan fingerprint density at radius 2 is 1.84 bits per heavy atom. The highest BCUT2D eigenvalue weighted by Crippen LogP contribution is 2.07. The lowest BCUT2D eigenvalue weighted by Crippen LogP contribution is -2.33. The van der Waals surface area contributed by atoms with Gasteiger partial charge in [-0.2, -0.15) is 0 Å². The van der Waals surface area contributed by atoms with Crippen LogP contribution in [-0.2, 0) is 9.59 Å². The highest BCUT2D eigenvalue weighted by molar-refractivity contribution is 5.97. The van der Waals surface area contributed by atoms with Gasteiger partial charge in [0.1, 0.15) is 12.2 Å². The van der Waals surface area contributed by atoms with Crippen LogP contribution >= 0.6 is 0 Å². The maximum absolute atomic E-state index is 11.8. The fourth-order valence-electron chi connectivity index (χ4n) is 1.69. The average Bonchev–Trinajstić information content (AvgIpc) is 2.39. The van der Waals surface area contributed by atoms with Crippen molar-refractivity contribution < 1.29 is 19.5 Å². The van der Waals surface area contributed by atoms with Gasteiger partial charge in [0.05, 0.1) is 0 Å². The molecule has 0 aliphatic heterocycles. The average molecular weight is 263 g/mol. The molecule has 102 valence electrons. The molecular weight excluding hydrogens is 246 g/mol. The minimum atomic E-state index is -1.14. The lowest BCUT2D eigenvalue weighted by atomic mass is 9.98. The molecule has 1 aromatic rings. The van der Waals surface area contributed by atoms with Gasteiger partial charge in [0.15, 0.2) is 0 Å². The summed E-state index contributed by atoms with van der Waals surface area (Å²) in [6, 6.07) is 8.66. The highest BCUT2D eigenvalue weighted by atomic mass is 16.4. The topological polar surface area (TPSA) is 83.5 Å². The first kappa shape index (κ1) is 14.9. The van der Waals surface area contributed by atoms with Crippen LogP contribution in [0.1, 0.15) is 30.1 Å². The van der Waals surface area contributed by atoms with E-state index >= 15 is 0 Å². The van der Waals surface area contributed by atoms with Crippen molar-refractivity contribution in [1.82, 2.24) is 5.32 Å². The fourth-order valence-corrected chi connectivity index (χ4v) is 1.69. The SMILES string of the molecule is CCC(CNC(=O)c1ccccc1)C(=O)CC(=O)O. The van der Waals surface area contributed by atoms with Gasteiger partial charge in [-0.15, -0.1) is 0 Å². The molecule has 0 saturated carbocycles. The zero-order valence-corrected chi connectivity index (χ0v) is 10.8. The summed E-state index contributed by atoms with van der Waals surface area (Å²) in [5.74, 6) is -2.22. The van der Waals surface area contributed by atoms with Gasteiger partial charge < -0.3 is 10.4 Å². The summed E-state index contributed by atoms with van der Waals surface area (Å²) < 4.78 is 0. The summed E-state index contributed by atoms with van der Waals surface area (Å²) in [4.78, 5) is 33.9. The number of nitrogens with one attached hydrogen (secondary N) is 1. The van der Waals surface area contributed by atoms with E-state index in [1.165, 1.54) is 0 Å². The van der Waals surface area contributed by atoms with Crippen molar-refractivity contribution in [2.75, 3.05) is 6.54 Å². The van der Waals surface area contributed by atoms with Crippen molar-refractivity contribution >= 4 is 17.7 Å². The Bertz CT molecular complexity index is 456. The first-order chi connectivity index (χ1) is 9.04. The Labute approximate surface area is 111 Å². The van der Waals surface area contributed by atoms with Gasteiger partial charge in [0, 0.05) is 18.0 Å². The van der Waals surface area contributed by atoms with Crippen molar-refractivity contribution in [2.45, 2.75) is 19.8 Å². The fraction of sp³-hybridized carbons (Fsp3) is 0.357. The lowest BCUT2D eigenvalue weighted by molar-refractivity contribution is -0.141. The van der Waals surface area contributed by atoms with E-state index in [-0.39, 0.29) is 18.2 Å². The van der Waals surface area contributed by atoms with E-state index in [4.69, 9.17) is 5.11 Å².